The van der Waals surface area contributed by atoms with Crippen LogP contribution in [0.1, 0.15) is 39.5 Å². The molecule has 2 aliphatic heterocycles. The summed E-state index contributed by atoms with van der Waals surface area (Å²) < 4.78 is 10.7. The van der Waals surface area contributed by atoms with Crippen molar-refractivity contribution in [2.24, 2.45) is 0 Å². The van der Waals surface area contributed by atoms with Crippen molar-refractivity contribution < 1.29 is 19.1 Å². The summed E-state index contributed by atoms with van der Waals surface area (Å²) in [6.07, 6.45) is 2.64. The quantitative estimate of drug-likeness (QED) is 0.797. The number of hydrogen-bond donors (Lipinski definition) is 0. The molecule has 0 aliphatic carbocycles. The topological polar surface area (TPSA) is 59.1 Å². The van der Waals surface area contributed by atoms with Crippen molar-refractivity contribution in [3.8, 4) is 0 Å². The molecule has 2 rings (SSSR count). The summed E-state index contributed by atoms with van der Waals surface area (Å²) in [6, 6.07) is 0. The van der Waals surface area contributed by atoms with E-state index in [1.807, 2.05) is 0 Å². The Kier molecular flexibility index (Phi) is 5.09. The van der Waals surface area contributed by atoms with Crippen LogP contribution in [0.4, 0.5) is 9.59 Å². The number of likely N-dealkylation sites (tertiary alicyclic amines) is 2. The van der Waals surface area contributed by atoms with Gasteiger partial charge in [-0.15, -0.1) is 0 Å². The van der Waals surface area contributed by atoms with Gasteiger partial charge in [-0.05, 0) is 39.5 Å². The zero-order valence-electron chi connectivity index (χ0n) is 12.3. The Bertz CT molecular complexity index is 315. The average molecular weight is 284 g/mol. The van der Waals surface area contributed by atoms with E-state index in [1.165, 1.54) is 0 Å². The largest absolute Gasteiger partial charge is 0.442 e. The van der Waals surface area contributed by atoms with Crippen molar-refractivity contribution in [1.29, 1.82) is 0 Å². The highest BCUT2D eigenvalue weighted by molar-refractivity contribution is 5.69. The normalized spacial score (nSPS) is 21.7. The molecule has 0 N–H and O–H groups in total. The standard InChI is InChI=1S/C14H24N2O4/c1-11(19-13(17)15-7-3-4-8-15)12(2)20-14(18)16-9-5-6-10-16/h11-12H,3-10H2,1-2H3. The first-order valence-corrected chi connectivity index (χ1v) is 7.49. The molecule has 0 aromatic rings. The van der Waals surface area contributed by atoms with E-state index >= 15 is 0 Å². The molecule has 0 aromatic heterocycles. The number of amides is 2. The minimum absolute atomic E-state index is 0.306. The van der Waals surface area contributed by atoms with Crippen LogP contribution in [0.3, 0.4) is 0 Å². The van der Waals surface area contributed by atoms with Crippen molar-refractivity contribution in [3.05, 3.63) is 0 Å². The molecular formula is C14H24N2O4. The maximum Gasteiger partial charge on any atom is 0.410 e. The van der Waals surface area contributed by atoms with Gasteiger partial charge < -0.3 is 19.3 Å². The first kappa shape index (κ1) is 14.9. The first-order valence-electron chi connectivity index (χ1n) is 7.49. The van der Waals surface area contributed by atoms with E-state index in [4.69, 9.17) is 9.47 Å². The summed E-state index contributed by atoms with van der Waals surface area (Å²) in [5, 5.41) is 0. The second kappa shape index (κ2) is 6.81. The molecule has 0 saturated carbocycles. The van der Waals surface area contributed by atoms with Crippen LogP contribution in [0, 0.1) is 0 Å². The van der Waals surface area contributed by atoms with Gasteiger partial charge in [0.25, 0.3) is 0 Å². The van der Waals surface area contributed by atoms with E-state index < -0.39 is 12.2 Å². The third-order valence-corrected chi connectivity index (χ3v) is 3.96. The number of nitrogens with zero attached hydrogens (tertiary/aromatic N) is 2. The molecule has 114 valence electrons. The van der Waals surface area contributed by atoms with E-state index in [0.29, 0.717) is 0 Å². The fraction of sp³-hybridized carbons (Fsp3) is 0.857. The summed E-state index contributed by atoms with van der Waals surface area (Å²) in [5.41, 5.74) is 0. The van der Waals surface area contributed by atoms with Crippen molar-refractivity contribution in [2.75, 3.05) is 26.2 Å². The van der Waals surface area contributed by atoms with E-state index in [-0.39, 0.29) is 12.2 Å². The molecule has 2 aliphatic rings. The smallest absolute Gasteiger partial charge is 0.410 e. The highest BCUT2D eigenvalue weighted by Gasteiger charge is 2.27. The van der Waals surface area contributed by atoms with Crippen molar-refractivity contribution >= 4 is 12.2 Å². The van der Waals surface area contributed by atoms with Gasteiger partial charge in [0, 0.05) is 26.2 Å². The third kappa shape index (κ3) is 3.77. The van der Waals surface area contributed by atoms with Crippen LogP contribution < -0.4 is 0 Å². The van der Waals surface area contributed by atoms with Gasteiger partial charge in [-0.25, -0.2) is 9.59 Å². The minimum atomic E-state index is -0.436. The Balaban J connectivity index is 1.74. The van der Waals surface area contributed by atoms with Gasteiger partial charge >= 0.3 is 12.2 Å². The maximum atomic E-state index is 11.9. The van der Waals surface area contributed by atoms with Crippen molar-refractivity contribution in [2.45, 2.75) is 51.7 Å². The highest BCUT2D eigenvalue weighted by Crippen LogP contribution is 2.14. The zero-order chi connectivity index (χ0) is 14.5. The molecule has 0 aromatic carbocycles. The Morgan fingerprint density at radius 2 is 1.05 bits per heavy atom. The summed E-state index contributed by atoms with van der Waals surface area (Å²) >= 11 is 0. The van der Waals surface area contributed by atoms with E-state index in [9.17, 15) is 9.59 Å². The molecule has 0 bridgehead atoms. The van der Waals surface area contributed by atoms with Crippen LogP contribution >= 0.6 is 0 Å². The lowest BCUT2D eigenvalue weighted by Gasteiger charge is -2.25. The van der Waals surface area contributed by atoms with Crippen molar-refractivity contribution in [1.82, 2.24) is 9.80 Å². The van der Waals surface area contributed by atoms with Crippen LogP contribution in [-0.2, 0) is 9.47 Å². The van der Waals surface area contributed by atoms with Gasteiger partial charge in [0.05, 0.1) is 0 Å². The van der Waals surface area contributed by atoms with Crippen LogP contribution in [0.2, 0.25) is 0 Å². The first-order chi connectivity index (χ1) is 9.58. The molecule has 0 radical (unpaired) electrons. The maximum absolute atomic E-state index is 11.9. The Morgan fingerprint density at radius 3 is 1.35 bits per heavy atom. The van der Waals surface area contributed by atoms with Gasteiger partial charge in [0.1, 0.15) is 12.2 Å². The molecule has 6 heteroatoms. The fourth-order valence-corrected chi connectivity index (χ4v) is 2.46. The van der Waals surface area contributed by atoms with E-state index in [2.05, 4.69) is 0 Å². The molecule has 20 heavy (non-hydrogen) atoms. The molecule has 2 unspecified atom stereocenters. The van der Waals surface area contributed by atoms with Gasteiger partial charge in [-0.3, -0.25) is 0 Å². The van der Waals surface area contributed by atoms with Gasteiger partial charge in [-0.1, -0.05) is 0 Å². The van der Waals surface area contributed by atoms with E-state index in [0.717, 1.165) is 51.9 Å². The average Bonchev–Trinajstić information content (AvgIpc) is 3.11. The molecule has 2 saturated heterocycles. The van der Waals surface area contributed by atoms with Crippen LogP contribution in [0.15, 0.2) is 0 Å². The number of hydrogen-bond acceptors (Lipinski definition) is 4. The SMILES string of the molecule is CC(OC(=O)N1CCCC1)C(C)OC(=O)N1CCCC1. The Hall–Kier alpha value is -1.46. The van der Waals surface area contributed by atoms with Gasteiger partial charge in [0.2, 0.25) is 0 Å². The summed E-state index contributed by atoms with van der Waals surface area (Å²) in [5.74, 6) is 0. The summed E-state index contributed by atoms with van der Waals surface area (Å²) in [6.45, 7) is 6.55. The lowest BCUT2D eigenvalue weighted by Crippen LogP contribution is -2.39. The van der Waals surface area contributed by atoms with Crippen molar-refractivity contribution in [3.63, 3.8) is 0 Å². The number of carbonyl (C=O) groups excluding carboxylic acids is 2. The van der Waals surface area contributed by atoms with Crippen LogP contribution in [0.25, 0.3) is 0 Å². The second-order valence-corrected chi connectivity index (χ2v) is 5.57. The second-order valence-electron chi connectivity index (χ2n) is 5.57. The Labute approximate surface area is 120 Å². The van der Waals surface area contributed by atoms with Gasteiger partial charge in [-0.2, -0.15) is 0 Å². The molecule has 2 atom stereocenters. The monoisotopic (exact) mass is 284 g/mol. The Morgan fingerprint density at radius 1 is 0.750 bits per heavy atom. The predicted molar refractivity (Wildman–Crippen MR) is 73.5 cm³/mol. The molecule has 6 nitrogen and oxygen atoms in total. The number of ether oxygens (including phenoxy) is 2. The van der Waals surface area contributed by atoms with Gasteiger partial charge in [0.15, 0.2) is 0 Å². The highest BCUT2D eigenvalue weighted by atomic mass is 16.6. The van der Waals surface area contributed by atoms with E-state index in [1.54, 1.807) is 23.6 Å². The zero-order valence-corrected chi connectivity index (χ0v) is 12.3. The lowest BCUT2D eigenvalue weighted by molar-refractivity contribution is -0.0119. The lowest BCUT2D eigenvalue weighted by atomic mass is 10.2. The fourth-order valence-electron chi connectivity index (χ4n) is 2.46. The molecule has 0 spiro atoms. The number of carbonyl (C=O) groups is 2. The summed E-state index contributed by atoms with van der Waals surface area (Å²) in [7, 11) is 0. The molecular weight excluding hydrogens is 260 g/mol. The molecule has 2 amide bonds. The van der Waals surface area contributed by atoms with Crippen LogP contribution in [-0.4, -0.2) is 60.4 Å². The summed E-state index contributed by atoms with van der Waals surface area (Å²) in [4.78, 5) is 27.1. The number of rotatable bonds is 3. The molecule has 2 fully saturated rings. The predicted octanol–water partition coefficient (Wildman–Crippen LogP) is 2.23. The minimum Gasteiger partial charge on any atom is -0.442 e. The van der Waals surface area contributed by atoms with Crippen LogP contribution in [0.5, 0.6) is 0 Å². The molecule has 2 heterocycles. The third-order valence-electron chi connectivity index (χ3n) is 3.96.